The molecule has 0 aliphatic rings. The van der Waals surface area contributed by atoms with Crippen molar-refractivity contribution in [1.29, 1.82) is 5.26 Å². The Balaban J connectivity index is 1.42. The molecule has 0 radical (unpaired) electrons. The van der Waals surface area contributed by atoms with E-state index in [-0.39, 0.29) is 0 Å². The highest BCUT2D eigenvalue weighted by molar-refractivity contribution is 6.21. The summed E-state index contributed by atoms with van der Waals surface area (Å²) < 4.78 is 8.89. The number of nitriles is 1. The number of rotatable bonds is 3. The molecule has 0 N–H and O–H groups in total. The van der Waals surface area contributed by atoms with Gasteiger partial charge in [0.05, 0.1) is 28.0 Å². The maximum atomic E-state index is 9.17. The zero-order valence-corrected chi connectivity index (χ0v) is 21.4. The first-order valence-corrected chi connectivity index (χ1v) is 13.2. The lowest BCUT2D eigenvalue weighted by Gasteiger charge is -2.15. The fraction of sp³-hybridized carbons (Fsp3) is 0. The number of hydrogen-bond acceptors (Lipinski definition) is 3. The van der Waals surface area contributed by atoms with Crippen LogP contribution in [0.1, 0.15) is 5.56 Å². The normalized spacial score (nSPS) is 11.5. The van der Waals surface area contributed by atoms with Gasteiger partial charge in [-0.25, -0.2) is 0 Å². The van der Waals surface area contributed by atoms with Crippen molar-refractivity contribution in [1.82, 2.24) is 9.55 Å². The molecule has 0 spiro atoms. The molecular weight excluding hydrogens is 490 g/mol. The van der Waals surface area contributed by atoms with Gasteiger partial charge in [0.25, 0.3) is 0 Å². The highest BCUT2D eigenvalue weighted by Crippen LogP contribution is 2.42. The van der Waals surface area contributed by atoms with E-state index in [1.165, 1.54) is 5.39 Å². The molecule has 0 fully saturated rings. The summed E-state index contributed by atoms with van der Waals surface area (Å²) in [7, 11) is 0. The lowest BCUT2D eigenvalue weighted by molar-refractivity contribution is 0.671. The second kappa shape index (κ2) is 8.69. The largest absolute Gasteiger partial charge is 0.454 e. The third-order valence-electron chi connectivity index (χ3n) is 7.69. The van der Waals surface area contributed by atoms with Crippen molar-refractivity contribution in [3.63, 3.8) is 0 Å². The average Bonchev–Trinajstić information content (AvgIpc) is 3.57. The lowest BCUT2D eigenvalue weighted by atomic mass is 9.99. The Labute approximate surface area is 230 Å². The molecule has 0 saturated heterocycles. The number of furan rings is 1. The molecule has 0 aliphatic carbocycles. The number of fused-ring (bicyclic) bond motifs is 7. The van der Waals surface area contributed by atoms with Gasteiger partial charge < -0.3 is 8.98 Å². The van der Waals surface area contributed by atoms with Crippen LogP contribution < -0.4 is 0 Å². The van der Waals surface area contributed by atoms with Crippen LogP contribution in [0.25, 0.3) is 71.8 Å². The molecule has 8 rings (SSSR count). The highest BCUT2D eigenvalue weighted by atomic mass is 16.3. The summed E-state index contributed by atoms with van der Waals surface area (Å²) in [5.41, 5.74) is 9.61. The van der Waals surface area contributed by atoms with Crippen LogP contribution in [0.2, 0.25) is 0 Å². The maximum Gasteiger partial charge on any atom is 0.160 e. The minimum absolute atomic E-state index is 0.550. The summed E-state index contributed by atoms with van der Waals surface area (Å²) in [6.07, 6.45) is 1.62. The van der Waals surface area contributed by atoms with Gasteiger partial charge in [-0.1, -0.05) is 78.9 Å². The van der Waals surface area contributed by atoms with Crippen LogP contribution in [0.4, 0.5) is 0 Å². The fourth-order valence-corrected chi connectivity index (χ4v) is 5.87. The van der Waals surface area contributed by atoms with Crippen LogP contribution >= 0.6 is 0 Å². The smallest absolute Gasteiger partial charge is 0.160 e. The zero-order valence-electron chi connectivity index (χ0n) is 21.4. The zero-order chi connectivity index (χ0) is 26.6. The van der Waals surface area contributed by atoms with Crippen molar-refractivity contribution in [3.05, 3.63) is 133 Å². The predicted octanol–water partition coefficient (Wildman–Crippen LogP) is 9.28. The predicted molar refractivity (Wildman–Crippen MR) is 161 cm³/mol. The minimum Gasteiger partial charge on any atom is -0.454 e. The van der Waals surface area contributed by atoms with Crippen LogP contribution in [0.3, 0.4) is 0 Å². The maximum absolute atomic E-state index is 9.17. The molecule has 4 nitrogen and oxygen atoms in total. The van der Waals surface area contributed by atoms with Crippen LogP contribution in [-0.2, 0) is 0 Å². The SMILES string of the molecule is N#Cc1ccc(-c2cccc(-c3ccccc3-n3c4ccccc4c4ccc5c6ccccc6oc5c43)c2)nc1. The average molecular weight is 512 g/mol. The second-order valence-electron chi connectivity index (χ2n) is 9.93. The third kappa shape index (κ3) is 3.28. The van der Waals surface area contributed by atoms with E-state index in [4.69, 9.17) is 4.42 Å². The van der Waals surface area contributed by atoms with E-state index < -0.39 is 0 Å². The fourth-order valence-electron chi connectivity index (χ4n) is 5.87. The summed E-state index contributed by atoms with van der Waals surface area (Å²) in [6, 6.07) is 43.9. The van der Waals surface area contributed by atoms with Crippen molar-refractivity contribution in [2.75, 3.05) is 0 Å². The van der Waals surface area contributed by atoms with E-state index in [1.54, 1.807) is 12.3 Å². The molecule has 186 valence electrons. The molecule has 0 amide bonds. The summed E-state index contributed by atoms with van der Waals surface area (Å²) in [5.74, 6) is 0. The van der Waals surface area contributed by atoms with E-state index in [0.717, 1.165) is 66.4 Å². The first kappa shape index (κ1) is 22.3. The summed E-state index contributed by atoms with van der Waals surface area (Å²) in [5, 5.41) is 13.7. The molecule has 4 heteroatoms. The van der Waals surface area contributed by atoms with Gasteiger partial charge in [-0.2, -0.15) is 5.26 Å². The number of para-hydroxylation sites is 3. The van der Waals surface area contributed by atoms with Crippen LogP contribution in [0.15, 0.2) is 132 Å². The van der Waals surface area contributed by atoms with Gasteiger partial charge in [0.15, 0.2) is 5.58 Å². The van der Waals surface area contributed by atoms with Crippen molar-refractivity contribution in [3.8, 4) is 34.1 Å². The van der Waals surface area contributed by atoms with Gasteiger partial charge in [-0.05, 0) is 48.0 Å². The van der Waals surface area contributed by atoms with E-state index in [2.05, 4.69) is 113 Å². The van der Waals surface area contributed by atoms with Gasteiger partial charge in [-0.15, -0.1) is 0 Å². The standard InChI is InChI=1S/C36H21N3O/c37-21-23-16-19-31(38-22-23)25-9-7-8-24(20-25)26-10-1-4-13-32(26)39-33-14-5-2-11-27(33)29-17-18-30-28-12-3-6-15-34(28)40-36(30)35(29)39/h1-20,22H. The van der Waals surface area contributed by atoms with E-state index >= 15 is 0 Å². The molecule has 0 saturated carbocycles. The van der Waals surface area contributed by atoms with Crippen molar-refractivity contribution in [2.24, 2.45) is 0 Å². The Morgan fingerprint density at radius 2 is 1.43 bits per heavy atom. The van der Waals surface area contributed by atoms with Crippen LogP contribution in [0, 0.1) is 11.3 Å². The van der Waals surface area contributed by atoms with Crippen molar-refractivity contribution >= 4 is 43.7 Å². The van der Waals surface area contributed by atoms with Gasteiger partial charge in [0.2, 0.25) is 0 Å². The Morgan fingerprint density at radius 1 is 0.650 bits per heavy atom. The molecule has 0 aliphatic heterocycles. The molecule has 0 atom stereocenters. The Morgan fingerprint density at radius 3 is 2.30 bits per heavy atom. The van der Waals surface area contributed by atoms with Crippen LogP contribution in [0.5, 0.6) is 0 Å². The molecule has 0 bridgehead atoms. The topological polar surface area (TPSA) is 54.8 Å². The lowest BCUT2D eigenvalue weighted by Crippen LogP contribution is -1.97. The van der Waals surface area contributed by atoms with Crippen molar-refractivity contribution in [2.45, 2.75) is 0 Å². The van der Waals surface area contributed by atoms with E-state index in [9.17, 15) is 5.26 Å². The first-order chi connectivity index (χ1) is 19.8. The number of pyridine rings is 1. The summed E-state index contributed by atoms with van der Waals surface area (Å²) in [6.45, 7) is 0. The molecular formula is C36H21N3O. The van der Waals surface area contributed by atoms with Crippen molar-refractivity contribution < 1.29 is 4.42 Å². The molecule has 5 aromatic carbocycles. The van der Waals surface area contributed by atoms with Crippen LogP contribution in [-0.4, -0.2) is 9.55 Å². The molecule has 3 heterocycles. The van der Waals surface area contributed by atoms with Gasteiger partial charge in [0, 0.05) is 38.9 Å². The quantitative estimate of drug-likeness (QED) is 0.237. The van der Waals surface area contributed by atoms with Gasteiger partial charge >= 0.3 is 0 Å². The van der Waals surface area contributed by atoms with Gasteiger partial charge in [-0.3, -0.25) is 4.98 Å². The molecule has 40 heavy (non-hydrogen) atoms. The third-order valence-corrected chi connectivity index (χ3v) is 7.69. The highest BCUT2D eigenvalue weighted by Gasteiger charge is 2.20. The monoisotopic (exact) mass is 511 g/mol. The number of benzene rings is 5. The molecule has 0 unspecified atom stereocenters. The Hall–Kier alpha value is -5.66. The number of hydrogen-bond donors (Lipinski definition) is 0. The molecule has 8 aromatic rings. The van der Waals surface area contributed by atoms with E-state index in [0.29, 0.717) is 5.56 Å². The first-order valence-electron chi connectivity index (χ1n) is 13.2. The second-order valence-corrected chi connectivity index (χ2v) is 9.93. The minimum atomic E-state index is 0.550. The Bertz CT molecular complexity index is 2280. The summed E-state index contributed by atoms with van der Waals surface area (Å²) in [4.78, 5) is 4.52. The number of nitrogens with zero attached hydrogens (tertiary/aromatic N) is 3. The van der Waals surface area contributed by atoms with E-state index in [1.807, 2.05) is 18.2 Å². The molecule has 3 aromatic heterocycles. The number of aromatic nitrogens is 2. The van der Waals surface area contributed by atoms with Gasteiger partial charge in [0.1, 0.15) is 11.7 Å². The Kier molecular flexibility index (Phi) is 4.85. The summed E-state index contributed by atoms with van der Waals surface area (Å²) >= 11 is 0.